The highest BCUT2D eigenvalue weighted by Gasteiger charge is 2.13. The summed E-state index contributed by atoms with van der Waals surface area (Å²) in [6.45, 7) is 3.87. The van der Waals surface area contributed by atoms with Crippen molar-refractivity contribution in [2.45, 2.75) is 19.6 Å². The Morgan fingerprint density at radius 2 is 1.96 bits per heavy atom. The van der Waals surface area contributed by atoms with E-state index in [0.717, 1.165) is 10.4 Å². The lowest BCUT2D eigenvalue weighted by Crippen LogP contribution is -2.31. The molecular formula is C18H17N3O3S2. The van der Waals surface area contributed by atoms with E-state index < -0.39 is 5.91 Å². The number of hydrogen-bond acceptors (Lipinski definition) is 6. The van der Waals surface area contributed by atoms with E-state index in [9.17, 15) is 14.4 Å². The first kappa shape index (κ1) is 18.3. The summed E-state index contributed by atoms with van der Waals surface area (Å²) >= 11 is 2.78. The number of aromatic nitrogens is 2. The molecule has 2 aromatic heterocycles. The summed E-state index contributed by atoms with van der Waals surface area (Å²) in [4.78, 5) is 45.0. The number of carbonyl (C=O) groups is 2. The zero-order chi connectivity index (χ0) is 18.7. The van der Waals surface area contributed by atoms with E-state index in [1.807, 2.05) is 13.8 Å². The number of benzene rings is 1. The van der Waals surface area contributed by atoms with Gasteiger partial charge in [-0.05, 0) is 31.5 Å². The fraction of sp³-hybridized carbons (Fsp3) is 0.222. The van der Waals surface area contributed by atoms with Crippen molar-refractivity contribution in [3.63, 3.8) is 0 Å². The fourth-order valence-electron chi connectivity index (χ4n) is 2.43. The molecule has 26 heavy (non-hydrogen) atoms. The van der Waals surface area contributed by atoms with Gasteiger partial charge in [-0.3, -0.25) is 19.7 Å². The standard InChI is InChI=1S/C18H17N3O3S2/c1-10-11(2)26-18-15(10)17(24)19-13(20-18)8-25-9-14(22)21-16(23)12-6-4-3-5-7-12/h3-7H,8-9H2,1-2H3,(H,19,20,24)(H,21,22,23). The van der Waals surface area contributed by atoms with Crippen LogP contribution in [0.1, 0.15) is 26.6 Å². The Hall–Kier alpha value is -2.45. The van der Waals surface area contributed by atoms with Gasteiger partial charge in [0.05, 0.1) is 16.9 Å². The van der Waals surface area contributed by atoms with Crippen molar-refractivity contribution >= 4 is 45.1 Å². The lowest BCUT2D eigenvalue weighted by Gasteiger charge is -2.04. The molecule has 6 nitrogen and oxygen atoms in total. The maximum atomic E-state index is 12.2. The monoisotopic (exact) mass is 387 g/mol. The molecule has 0 spiro atoms. The van der Waals surface area contributed by atoms with Crippen LogP contribution in [0.3, 0.4) is 0 Å². The van der Waals surface area contributed by atoms with Crippen LogP contribution in [-0.2, 0) is 10.5 Å². The van der Waals surface area contributed by atoms with Gasteiger partial charge in [0.2, 0.25) is 5.91 Å². The second-order valence-corrected chi connectivity index (χ2v) is 7.90. The Bertz CT molecular complexity index is 1030. The molecule has 1 aromatic carbocycles. The van der Waals surface area contributed by atoms with Gasteiger partial charge in [-0.1, -0.05) is 18.2 Å². The molecule has 0 bridgehead atoms. The molecule has 2 amide bonds. The lowest BCUT2D eigenvalue weighted by molar-refractivity contribution is -0.117. The average Bonchev–Trinajstić information content (AvgIpc) is 2.90. The molecule has 3 aromatic rings. The zero-order valence-corrected chi connectivity index (χ0v) is 15.9. The molecule has 0 aliphatic heterocycles. The van der Waals surface area contributed by atoms with Crippen LogP contribution < -0.4 is 10.9 Å². The molecule has 0 aliphatic rings. The number of aromatic amines is 1. The van der Waals surface area contributed by atoms with Crippen molar-refractivity contribution in [1.82, 2.24) is 15.3 Å². The highest BCUT2D eigenvalue weighted by Crippen LogP contribution is 2.26. The van der Waals surface area contributed by atoms with Crippen LogP contribution in [0.15, 0.2) is 35.1 Å². The van der Waals surface area contributed by atoms with Gasteiger partial charge in [-0.15, -0.1) is 23.1 Å². The highest BCUT2D eigenvalue weighted by molar-refractivity contribution is 7.99. The molecule has 2 heterocycles. The number of amides is 2. The predicted molar refractivity (Wildman–Crippen MR) is 105 cm³/mol. The van der Waals surface area contributed by atoms with Crippen molar-refractivity contribution in [2.24, 2.45) is 0 Å². The molecule has 3 rings (SSSR count). The number of thiophene rings is 1. The van der Waals surface area contributed by atoms with E-state index in [1.54, 1.807) is 30.3 Å². The zero-order valence-electron chi connectivity index (χ0n) is 14.3. The summed E-state index contributed by atoms with van der Waals surface area (Å²) in [6, 6.07) is 8.56. The predicted octanol–water partition coefficient (Wildman–Crippen LogP) is 2.79. The van der Waals surface area contributed by atoms with Crippen LogP contribution in [0.5, 0.6) is 0 Å². The first-order chi connectivity index (χ1) is 12.5. The van der Waals surface area contributed by atoms with Crippen molar-refractivity contribution in [3.8, 4) is 0 Å². The van der Waals surface area contributed by atoms with Gasteiger partial charge in [0.15, 0.2) is 0 Å². The molecule has 2 N–H and O–H groups in total. The van der Waals surface area contributed by atoms with Crippen LogP contribution >= 0.6 is 23.1 Å². The van der Waals surface area contributed by atoms with Crippen molar-refractivity contribution in [2.75, 3.05) is 5.75 Å². The Labute approximate surface area is 158 Å². The number of aryl methyl sites for hydroxylation is 2. The number of imide groups is 1. The quantitative estimate of drug-likeness (QED) is 0.702. The third-order valence-electron chi connectivity index (χ3n) is 3.85. The number of H-pyrrole nitrogens is 1. The van der Waals surface area contributed by atoms with Crippen LogP contribution in [0.4, 0.5) is 0 Å². The smallest absolute Gasteiger partial charge is 0.259 e. The number of carbonyl (C=O) groups excluding carboxylic acids is 2. The molecule has 0 aliphatic carbocycles. The van der Waals surface area contributed by atoms with E-state index in [4.69, 9.17) is 0 Å². The maximum absolute atomic E-state index is 12.2. The number of rotatable bonds is 5. The summed E-state index contributed by atoms with van der Waals surface area (Å²) in [5.41, 5.74) is 1.23. The van der Waals surface area contributed by atoms with Crippen LogP contribution in [0.2, 0.25) is 0 Å². The van der Waals surface area contributed by atoms with E-state index in [1.165, 1.54) is 23.1 Å². The minimum Gasteiger partial charge on any atom is -0.309 e. The Balaban J connectivity index is 1.58. The second-order valence-electron chi connectivity index (χ2n) is 5.71. The average molecular weight is 387 g/mol. The first-order valence-corrected chi connectivity index (χ1v) is 9.88. The molecule has 134 valence electrons. The van der Waals surface area contributed by atoms with Crippen LogP contribution in [-0.4, -0.2) is 27.5 Å². The molecule has 0 fully saturated rings. The Morgan fingerprint density at radius 1 is 1.23 bits per heavy atom. The summed E-state index contributed by atoms with van der Waals surface area (Å²) in [7, 11) is 0. The highest BCUT2D eigenvalue weighted by atomic mass is 32.2. The molecule has 0 saturated heterocycles. The van der Waals surface area contributed by atoms with Gasteiger partial charge < -0.3 is 4.98 Å². The molecule has 0 unspecified atom stereocenters. The van der Waals surface area contributed by atoms with E-state index in [2.05, 4.69) is 15.3 Å². The minimum atomic E-state index is -0.423. The molecule has 8 heteroatoms. The molecule has 0 radical (unpaired) electrons. The van der Waals surface area contributed by atoms with Crippen LogP contribution in [0, 0.1) is 13.8 Å². The summed E-state index contributed by atoms with van der Waals surface area (Å²) in [5, 5.41) is 2.98. The van der Waals surface area contributed by atoms with Gasteiger partial charge in [0, 0.05) is 10.4 Å². The number of nitrogens with zero attached hydrogens (tertiary/aromatic N) is 1. The summed E-state index contributed by atoms with van der Waals surface area (Å²) in [6.07, 6.45) is 0. The number of thioether (sulfide) groups is 1. The van der Waals surface area contributed by atoms with Gasteiger partial charge >= 0.3 is 0 Å². The first-order valence-electron chi connectivity index (χ1n) is 7.91. The Kier molecular flexibility index (Phi) is 5.53. The van der Waals surface area contributed by atoms with Gasteiger partial charge in [0.25, 0.3) is 11.5 Å². The summed E-state index contributed by atoms with van der Waals surface area (Å²) in [5.74, 6) is 0.205. The van der Waals surface area contributed by atoms with E-state index in [-0.39, 0.29) is 17.2 Å². The van der Waals surface area contributed by atoms with Crippen molar-refractivity contribution in [1.29, 1.82) is 0 Å². The topological polar surface area (TPSA) is 91.9 Å². The summed E-state index contributed by atoms with van der Waals surface area (Å²) < 4.78 is 0. The third-order valence-corrected chi connectivity index (χ3v) is 5.89. The van der Waals surface area contributed by atoms with Crippen molar-refractivity contribution < 1.29 is 9.59 Å². The molecule has 0 atom stereocenters. The van der Waals surface area contributed by atoms with Gasteiger partial charge in [0.1, 0.15) is 10.7 Å². The van der Waals surface area contributed by atoms with Gasteiger partial charge in [-0.2, -0.15) is 0 Å². The number of nitrogens with one attached hydrogen (secondary N) is 2. The normalized spacial score (nSPS) is 10.8. The van der Waals surface area contributed by atoms with E-state index in [0.29, 0.717) is 27.4 Å². The minimum absolute atomic E-state index is 0.100. The largest absolute Gasteiger partial charge is 0.309 e. The fourth-order valence-corrected chi connectivity index (χ4v) is 4.17. The van der Waals surface area contributed by atoms with Crippen LogP contribution in [0.25, 0.3) is 10.2 Å². The maximum Gasteiger partial charge on any atom is 0.259 e. The molecule has 0 saturated carbocycles. The van der Waals surface area contributed by atoms with E-state index >= 15 is 0 Å². The second kappa shape index (κ2) is 7.84. The SMILES string of the molecule is Cc1sc2nc(CSCC(=O)NC(=O)c3ccccc3)[nH]c(=O)c2c1C. The lowest BCUT2D eigenvalue weighted by atomic mass is 10.2. The number of fused-ring (bicyclic) bond motifs is 1. The Morgan fingerprint density at radius 3 is 2.69 bits per heavy atom. The number of hydrogen-bond donors (Lipinski definition) is 2. The van der Waals surface area contributed by atoms with Crippen molar-refractivity contribution in [3.05, 3.63) is 62.5 Å². The molecular weight excluding hydrogens is 370 g/mol. The van der Waals surface area contributed by atoms with Gasteiger partial charge in [-0.25, -0.2) is 4.98 Å². The third kappa shape index (κ3) is 4.03.